The molecule has 1 heterocycles. The number of hydrogen-bond donors (Lipinski definition) is 3. The number of hydrogen-bond acceptors (Lipinski definition) is 6. The number of guanidine groups is 1. The van der Waals surface area contributed by atoms with Crippen LogP contribution < -0.4 is 21.2 Å². The van der Waals surface area contributed by atoms with E-state index in [0.717, 1.165) is 42.4 Å². The zero-order valence-electron chi connectivity index (χ0n) is 18.0. The maximum absolute atomic E-state index is 12.1. The number of alkyl carbamates (subject to hydrolysis) is 1. The molecule has 0 bridgehead atoms. The topological polar surface area (TPSA) is 104 Å². The number of carbonyl (C=O) groups excluding carboxylic acids is 1. The number of fused-ring (bicyclic) bond motifs is 1. The third-order valence-electron chi connectivity index (χ3n) is 4.18. The highest BCUT2D eigenvalue weighted by atomic mass is 16.6. The smallest absolute Gasteiger partial charge is 0.407 e. The van der Waals surface area contributed by atoms with Gasteiger partial charge in [0.2, 0.25) is 5.96 Å². The van der Waals surface area contributed by atoms with Gasteiger partial charge in [-0.25, -0.2) is 4.79 Å². The minimum absolute atomic E-state index is 0.382. The van der Waals surface area contributed by atoms with E-state index in [0.29, 0.717) is 24.7 Å². The molecule has 29 heavy (non-hydrogen) atoms. The Hall–Kier alpha value is -2.52. The van der Waals surface area contributed by atoms with Gasteiger partial charge in [0.25, 0.3) is 0 Å². The minimum Gasteiger partial charge on any atom is -0.739 e. The van der Waals surface area contributed by atoms with E-state index in [2.05, 4.69) is 26.0 Å². The van der Waals surface area contributed by atoms with E-state index in [1.165, 1.54) is 0 Å². The summed E-state index contributed by atoms with van der Waals surface area (Å²) in [5, 5.41) is 18.7. The maximum Gasteiger partial charge on any atom is 0.407 e. The Morgan fingerprint density at radius 2 is 2.03 bits per heavy atom. The fraction of sp³-hybridized carbons (Fsp3) is 0.600. The van der Waals surface area contributed by atoms with Crippen molar-refractivity contribution in [2.24, 2.45) is 4.99 Å². The molecule has 0 spiro atoms. The third-order valence-corrected chi connectivity index (χ3v) is 4.18. The average molecular weight is 406 g/mol. The van der Waals surface area contributed by atoms with Crippen molar-refractivity contribution < 1.29 is 9.53 Å². The van der Waals surface area contributed by atoms with Crippen LogP contribution in [0.15, 0.2) is 23.2 Å². The summed E-state index contributed by atoms with van der Waals surface area (Å²) in [5.74, 6) is 0.460. The van der Waals surface area contributed by atoms with E-state index >= 15 is 0 Å². The number of aryl methyl sites for hydroxylation is 1. The van der Waals surface area contributed by atoms with Gasteiger partial charge in [-0.15, -0.1) is 0 Å². The van der Waals surface area contributed by atoms with Crippen LogP contribution in [0.3, 0.4) is 0 Å². The van der Waals surface area contributed by atoms with Crippen LogP contribution in [0.1, 0.15) is 39.2 Å². The lowest BCUT2D eigenvalue weighted by atomic mass is 10.2. The zero-order chi connectivity index (χ0) is 21.4. The lowest BCUT2D eigenvalue weighted by Gasteiger charge is -2.38. The number of nitrogens with zero attached hydrogens (tertiary/aromatic N) is 3. The predicted molar refractivity (Wildman–Crippen MR) is 117 cm³/mol. The van der Waals surface area contributed by atoms with Gasteiger partial charge in [-0.3, -0.25) is 10.4 Å². The van der Waals surface area contributed by atoms with Crippen LogP contribution in [-0.4, -0.2) is 55.8 Å². The SMILES string of the molecule is Cc1ccc2c(c1)NC(=NCCCN(C)CCCNC(=O)OC(C)(C)C)NN2[O-]. The van der Waals surface area contributed by atoms with Crippen molar-refractivity contribution in [1.82, 2.24) is 15.6 Å². The van der Waals surface area contributed by atoms with E-state index < -0.39 is 5.60 Å². The number of rotatable bonds is 8. The van der Waals surface area contributed by atoms with Crippen LogP contribution in [0, 0.1) is 12.1 Å². The highest BCUT2D eigenvalue weighted by molar-refractivity contribution is 6.01. The predicted octanol–water partition coefficient (Wildman–Crippen LogP) is 2.82. The number of benzene rings is 1. The lowest BCUT2D eigenvalue weighted by molar-refractivity contribution is 0.0526. The maximum atomic E-state index is 12.1. The molecule has 1 aliphatic heterocycles. The molecule has 3 N–H and O–H groups in total. The van der Waals surface area contributed by atoms with E-state index in [-0.39, 0.29) is 6.09 Å². The average Bonchev–Trinajstić information content (AvgIpc) is 2.60. The van der Waals surface area contributed by atoms with E-state index in [4.69, 9.17) is 4.74 Å². The Labute approximate surface area is 173 Å². The van der Waals surface area contributed by atoms with Crippen LogP contribution in [0.2, 0.25) is 0 Å². The van der Waals surface area contributed by atoms with Gasteiger partial charge < -0.3 is 30.6 Å². The van der Waals surface area contributed by atoms with Crippen molar-refractivity contribution in [3.63, 3.8) is 0 Å². The van der Waals surface area contributed by atoms with Gasteiger partial charge in [0.05, 0.1) is 11.4 Å². The first-order valence-electron chi connectivity index (χ1n) is 9.95. The number of aliphatic imine (C=N–C) groups is 1. The van der Waals surface area contributed by atoms with Gasteiger partial charge in [-0.1, -0.05) is 6.07 Å². The Bertz CT molecular complexity index is 717. The number of carbonyl (C=O) groups is 1. The fourth-order valence-corrected chi connectivity index (χ4v) is 2.81. The second-order valence-corrected chi connectivity index (χ2v) is 8.22. The zero-order valence-corrected chi connectivity index (χ0v) is 18.0. The molecule has 0 saturated heterocycles. The Morgan fingerprint density at radius 1 is 1.31 bits per heavy atom. The van der Waals surface area contributed by atoms with Crippen LogP contribution in [0.4, 0.5) is 16.2 Å². The largest absolute Gasteiger partial charge is 0.739 e. The van der Waals surface area contributed by atoms with Crippen molar-refractivity contribution in [1.29, 1.82) is 0 Å². The standard InChI is InChI=1S/C20H33N6O3/c1-15-8-9-17-16(14-15)23-18(24-26(17)28)21-10-6-12-25(5)13-7-11-22-19(27)29-20(2,3)4/h8-9,14H,6-7,10-13H2,1-5H3,(H,22,27)(H2,21,23,24)/q-1. The molecule has 0 aliphatic carbocycles. The van der Waals surface area contributed by atoms with Crippen molar-refractivity contribution in [3.8, 4) is 0 Å². The quantitative estimate of drug-likeness (QED) is 0.571. The van der Waals surface area contributed by atoms with Gasteiger partial charge in [-0.2, -0.15) is 0 Å². The Balaban J connectivity index is 1.63. The first-order valence-corrected chi connectivity index (χ1v) is 9.95. The van der Waals surface area contributed by atoms with Crippen molar-refractivity contribution >= 4 is 23.4 Å². The summed E-state index contributed by atoms with van der Waals surface area (Å²) < 4.78 is 5.20. The molecule has 1 aromatic carbocycles. The molecule has 1 aliphatic rings. The number of anilines is 2. The van der Waals surface area contributed by atoms with Crippen LogP contribution >= 0.6 is 0 Å². The summed E-state index contributed by atoms with van der Waals surface area (Å²) in [6.07, 6.45) is 1.32. The highest BCUT2D eigenvalue weighted by Crippen LogP contribution is 2.27. The number of hydrazine groups is 1. The molecule has 9 nitrogen and oxygen atoms in total. The lowest BCUT2D eigenvalue weighted by Crippen LogP contribution is -2.46. The van der Waals surface area contributed by atoms with Crippen molar-refractivity contribution in [2.45, 2.75) is 46.1 Å². The second kappa shape index (κ2) is 10.3. The van der Waals surface area contributed by atoms with Gasteiger partial charge in [0.1, 0.15) is 5.60 Å². The molecule has 0 radical (unpaired) electrons. The van der Waals surface area contributed by atoms with Gasteiger partial charge in [-0.05, 0) is 78.4 Å². The molecule has 0 saturated carbocycles. The van der Waals surface area contributed by atoms with Crippen molar-refractivity contribution in [2.75, 3.05) is 43.7 Å². The molecule has 0 atom stereocenters. The molecular formula is C20H33N6O3-. The fourth-order valence-electron chi connectivity index (χ4n) is 2.81. The second-order valence-electron chi connectivity index (χ2n) is 8.22. The Kier molecular flexibility index (Phi) is 8.10. The van der Waals surface area contributed by atoms with E-state index in [9.17, 15) is 10.0 Å². The molecule has 1 amide bonds. The summed E-state index contributed by atoms with van der Waals surface area (Å²) in [6.45, 7) is 10.4. The third kappa shape index (κ3) is 8.16. The first kappa shape index (κ1) is 22.8. The van der Waals surface area contributed by atoms with Gasteiger partial charge in [0.15, 0.2) is 0 Å². The molecule has 9 heteroatoms. The molecular weight excluding hydrogens is 372 g/mol. The van der Waals surface area contributed by atoms with Crippen LogP contribution in [0.25, 0.3) is 0 Å². The molecule has 162 valence electrons. The summed E-state index contributed by atoms with van der Waals surface area (Å²) in [5.41, 5.74) is 4.61. The van der Waals surface area contributed by atoms with Crippen molar-refractivity contribution in [3.05, 3.63) is 29.0 Å². The summed E-state index contributed by atoms with van der Waals surface area (Å²) in [7, 11) is 2.04. The monoisotopic (exact) mass is 405 g/mol. The number of nitrogens with one attached hydrogen (secondary N) is 3. The van der Waals surface area contributed by atoms with Crippen LogP contribution in [-0.2, 0) is 4.74 Å². The number of amides is 1. The van der Waals surface area contributed by atoms with E-state index in [1.807, 2.05) is 46.9 Å². The summed E-state index contributed by atoms with van der Waals surface area (Å²) in [4.78, 5) is 18.2. The normalized spacial score (nSPS) is 15.0. The van der Waals surface area contributed by atoms with Gasteiger partial charge in [0, 0.05) is 13.1 Å². The molecule has 2 rings (SSSR count). The molecule has 0 aromatic heterocycles. The van der Waals surface area contributed by atoms with Crippen LogP contribution in [0.5, 0.6) is 0 Å². The molecule has 1 aromatic rings. The summed E-state index contributed by atoms with van der Waals surface area (Å²) >= 11 is 0. The first-order chi connectivity index (χ1) is 13.6. The Morgan fingerprint density at radius 3 is 2.76 bits per heavy atom. The highest BCUT2D eigenvalue weighted by Gasteiger charge is 2.16. The molecule has 0 unspecified atom stereocenters. The molecule has 0 fully saturated rings. The number of ether oxygens (including phenoxy) is 1. The van der Waals surface area contributed by atoms with Gasteiger partial charge >= 0.3 is 6.09 Å². The summed E-state index contributed by atoms with van der Waals surface area (Å²) in [6, 6.07) is 5.60. The van der Waals surface area contributed by atoms with E-state index in [1.54, 1.807) is 6.07 Å². The minimum atomic E-state index is -0.478.